The number of fused-ring (bicyclic) bond motifs is 1. The van der Waals surface area contributed by atoms with Gasteiger partial charge in [0.2, 0.25) is 5.91 Å². The number of carbonyl (C=O) groups excluding carboxylic acids is 1. The zero-order chi connectivity index (χ0) is 21.6. The fourth-order valence-corrected chi connectivity index (χ4v) is 3.42. The number of aliphatic hydroxyl groups is 1. The lowest BCUT2D eigenvalue weighted by Gasteiger charge is -2.21. The number of nitrogens with one attached hydrogen (secondary N) is 1. The van der Waals surface area contributed by atoms with E-state index in [9.17, 15) is 23.1 Å². The predicted octanol–water partition coefficient (Wildman–Crippen LogP) is 4.59. The topological polar surface area (TPSA) is 75.1 Å². The summed E-state index contributed by atoms with van der Waals surface area (Å²) in [5, 5.41) is 14.2. The third kappa shape index (κ3) is 3.87. The number of carbonyl (C=O) groups is 1. The Kier molecular flexibility index (Phi) is 4.97. The van der Waals surface area contributed by atoms with Gasteiger partial charge in [-0.1, -0.05) is 12.1 Å². The number of nitrogens with zero attached hydrogens (tertiary/aromatic N) is 2. The predicted molar refractivity (Wildman–Crippen MR) is 107 cm³/mol. The fraction of sp³-hybridized carbons (Fsp3) is 0.318. The van der Waals surface area contributed by atoms with Gasteiger partial charge in [-0.05, 0) is 48.1 Å². The average molecular weight is 415 g/mol. The molecule has 2 aromatic heterocycles. The van der Waals surface area contributed by atoms with Crippen molar-refractivity contribution >= 4 is 22.5 Å². The van der Waals surface area contributed by atoms with Gasteiger partial charge in [-0.2, -0.15) is 0 Å². The third-order valence-corrected chi connectivity index (χ3v) is 5.24. The molecule has 5 nitrogen and oxygen atoms in total. The first-order chi connectivity index (χ1) is 14.1. The van der Waals surface area contributed by atoms with Crippen LogP contribution in [0.2, 0.25) is 0 Å². The van der Waals surface area contributed by atoms with E-state index in [4.69, 9.17) is 0 Å². The lowest BCUT2D eigenvalue weighted by atomic mass is 9.93. The minimum atomic E-state index is -3.35. The maximum atomic E-state index is 13.8. The molecule has 8 heteroatoms. The van der Waals surface area contributed by atoms with E-state index < -0.39 is 30.0 Å². The molecule has 1 amide bonds. The molecule has 0 aliphatic heterocycles. The van der Waals surface area contributed by atoms with E-state index in [1.807, 2.05) is 0 Å². The molecular weight excluding hydrogens is 395 g/mol. The minimum absolute atomic E-state index is 0.0936. The summed E-state index contributed by atoms with van der Waals surface area (Å²) < 4.78 is 40.5. The fourth-order valence-electron chi connectivity index (χ4n) is 3.42. The van der Waals surface area contributed by atoms with E-state index in [2.05, 4.69) is 15.3 Å². The molecule has 1 saturated carbocycles. The van der Waals surface area contributed by atoms with E-state index in [0.717, 1.165) is 5.39 Å². The summed E-state index contributed by atoms with van der Waals surface area (Å²) in [6.45, 7) is 2.41. The summed E-state index contributed by atoms with van der Waals surface area (Å²) in [5.74, 6) is -4.03. The number of rotatable bonds is 5. The minimum Gasteiger partial charge on any atom is -0.380 e. The molecule has 30 heavy (non-hydrogen) atoms. The summed E-state index contributed by atoms with van der Waals surface area (Å²) in [5.41, 5.74) is 1.66. The van der Waals surface area contributed by atoms with Crippen molar-refractivity contribution in [2.45, 2.75) is 38.5 Å². The van der Waals surface area contributed by atoms with Crippen LogP contribution in [0.1, 0.15) is 30.7 Å². The number of hydrogen-bond donors (Lipinski definition) is 2. The van der Waals surface area contributed by atoms with Gasteiger partial charge in [0.1, 0.15) is 12.0 Å². The number of amides is 1. The normalized spacial score (nSPS) is 19.5. The van der Waals surface area contributed by atoms with Gasteiger partial charge in [0.25, 0.3) is 5.92 Å². The highest BCUT2D eigenvalue weighted by Crippen LogP contribution is 2.38. The highest BCUT2D eigenvalue weighted by atomic mass is 19.3. The van der Waals surface area contributed by atoms with Crippen LogP contribution >= 0.6 is 0 Å². The van der Waals surface area contributed by atoms with Crippen molar-refractivity contribution in [1.82, 2.24) is 9.97 Å². The Bertz CT molecular complexity index is 1130. The molecule has 3 atom stereocenters. The molecule has 0 spiro atoms. The molecule has 0 saturated heterocycles. The largest absolute Gasteiger partial charge is 0.380 e. The quantitative estimate of drug-likeness (QED) is 0.639. The van der Waals surface area contributed by atoms with Crippen molar-refractivity contribution in [2.75, 3.05) is 5.32 Å². The zero-order valence-corrected chi connectivity index (χ0v) is 16.4. The third-order valence-electron chi connectivity index (χ3n) is 5.24. The number of alkyl halides is 3. The molecule has 0 unspecified atom stereocenters. The zero-order valence-electron chi connectivity index (χ0n) is 16.4. The number of hydrogen-bond acceptors (Lipinski definition) is 4. The van der Waals surface area contributed by atoms with Crippen LogP contribution in [0.5, 0.6) is 0 Å². The maximum Gasteiger partial charge on any atom is 0.276 e. The van der Waals surface area contributed by atoms with Crippen LogP contribution in [0.15, 0.2) is 42.7 Å². The molecule has 4 rings (SSSR count). The van der Waals surface area contributed by atoms with Crippen LogP contribution in [-0.4, -0.2) is 33.1 Å². The Hall–Kier alpha value is -3.00. The SMILES string of the molecule is Cc1ccnc([C@H](O)C(C)(F)F)c1-c1ccc2cc(NC(=O)[C@@H]3C[C@@H]3F)ncc2c1. The number of aryl methyl sites for hydroxylation is 1. The van der Waals surface area contributed by atoms with E-state index >= 15 is 0 Å². The van der Waals surface area contributed by atoms with Gasteiger partial charge in [0, 0.05) is 30.3 Å². The molecule has 0 bridgehead atoms. The number of halogens is 3. The summed E-state index contributed by atoms with van der Waals surface area (Å²) >= 11 is 0. The summed E-state index contributed by atoms with van der Waals surface area (Å²) in [7, 11) is 0. The second-order valence-electron chi connectivity index (χ2n) is 7.73. The van der Waals surface area contributed by atoms with Crippen LogP contribution in [0.3, 0.4) is 0 Å². The molecule has 1 aliphatic rings. The number of aromatic nitrogens is 2. The standard InChI is InChI=1S/C22H20F3N3O2/c1-11-5-6-26-19(20(29)22(2,24)25)18(11)13-4-3-12-8-17(27-10-14(12)7-13)28-21(30)15-9-16(15)23/h3-8,10,15-16,20,29H,9H2,1-2H3,(H,27,28,30)/t15-,16+,20+/m1/s1. The number of anilines is 1. The first-order valence-electron chi connectivity index (χ1n) is 9.51. The molecule has 1 aromatic carbocycles. The van der Waals surface area contributed by atoms with Gasteiger partial charge in [-0.25, -0.2) is 18.2 Å². The number of benzene rings is 1. The summed E-state index contributed by atoms with van der Waals surface area (Å²) in [6, 6.07) is 8.62. The Labute approximate surface area is 171 Å². The van der Waals surface area contributed by atoms with Gasteiger partial charge < -0.3 is 10.4 Å². The van der Waals surface area contributed by atoms with Crippen molar-refractivity contribution in [2.24, 2.45) is 5.92 Å². The van der Waals surface area contributed by atoms with Gasteiger partial charge in [0.05, 0.1) is 11.6 Å². The van der Waals surface area contributed by atoms with Crippen LogP contribution in [-0.2, 0) is 4.79 Å². The van der Waals surface area contributed by atoms with Crippen molar-refractivity contribution < 1.29 is 23.1 Å². The Morgan fingerprint density at radius 3 is 2.63 bits per heavy atom. The summed E-state index contributed by atoms with van der Waals surface area (Å²) in [4.78, 5) is 20.1. The van der Waals surface area contributed by atoms with Crippen molar-refractivity contribution in [3.63, 3.8) is 0 Å². The second kappa shape index (κ2) is 7.36. The molecule has 0 radical (unpaired) electrons. The van der Waals surface area contributed by atoms with Gasteiger partial charge in [-0.3, -0.25) is 9.78 Å². The van der Waals surface area contributed by atoms with Gasteiger partial charge in [-0.15, -0.1) is 0 Å². The van der Waals surface area contributed by atoms with Gasteiger partial charge >= 0.3 is 0 Å². The van der Waals surface area contributed by atoms with E-state index in [1.54, 1.807) is 43.5 Å². The molecule has 2 N–H and O–H groups in total. The van der Waals surface area contributed by atoms with E-state index in [0.29, 0.717) is 34.8 Å². The Morgan fingerprint density at radius 2 is 1.97 bits per heavy atom. The average Bonchev–Trinajstić information content (AvgIpc) is 3.43. The van der Waals surface area contributed by atoms with E-state index in [1.165, 1.54) is 6.20 Å². The van der Waals surface area contributed by atoms with Crippen LogP contribution < -0.4 is 5.32 Å². The molecule has 1 aliphatic carbocycles. The second-order valence-corrected chi connectivity index (χ2v) is 7.73. The highest BCUT2D eigenvalue weighted by Gasteiger charge is 2.43. The lowest BCUT2D eigenvalue weighted by molar-refractivity contribution is -0.117. The Balaban J connectivity index is 1.69. The number of pyridine rings is 2. The highest BCUT2D eigenvalue weighted by molar-refractivity contribution is 5.96. The summed E-state index contributed by atoms with van der Waals surface area (Å²) in [6.07, 6.45) is 0.0435. The van der Waals surface area contributed by atoms with Crippen molar-refractivity contribution in [3.05, 3.63) is 54.0 Å². The van der Waals surface area contributed by atoms with Crippen LogP contribution in [0, 0.1) is 12.8 Å². The smallest absolute Gasteiger partial charge is 0.276 e. The first kappa shape index (κ1) is 20.3. The maximum absolute atomic E-state index is 13.8. The molecule has 2 heterocycles. The lowest BCUT2D eigenvalue weighted by Crippen LogP contribution is -2.23. The first-order valence-corrected chi connectivity index (χ1v) is 9.51. The Morgan fingerprint density at radius 1 is 1.23 bits per heavy atom. The van der Waals surface area contributed by atoms with Crippen molar-refractivity contribution in [3.8, 4) is 11.1 Å². The molecule has 3 aromatic rings. The van der Waals surface area contributed by atoms with Crippen LogP contribution in [0.4, 0.5) is 19.0 Å². The molecular formula is C22H20F3N3O2. The molecule has 156 valence electrons. The molecule has 1 fully saturated rings. The monoisotopic (exact) mass is 415 g/mol. The number of aliphatic hydroxyl groups excluding tert-OH is 1. The van der Waals surface area contributed by atoms with Crippen molar-refractivity contribution in [1.29, 1.82) is 0 Å². The van der Waals surface area contributed by atoms with Gasteiger partial charge in [0.15, 0.2) is 6.10 Å². The van der Waals surface area contributed by atoms with E-state index in [-0.39, 0.29) is 12.1 Å². The van der Waals surface area contributed by atoms with Crippen LogP contribution in [0.25, 0.3) is 21.9 Å².